The van der Waals surface area contributed by atoms with Gasteiger partial charge in [-0.15, -0.1) is 11.3 Å². The molecule has 12 heteroatoms. The largest absolute Gasteiger partial charge is 0.495 e. The molecule has 0 unspecified atom stereocenters. The average molecular weight is 655 g/mol. The topological polar surface area (TPSA) is 129 Å². The van der Waals surface area contributed by atoms with Crippen molar-refractivity contribution in [2.75, 3.05) is 50.1 Å². The maximum absolute atomic E-state index is 13.5. The van der Waals surface area contributed by atoms with Crippen LogP contribution in [0.4, 0.5) is 11.4 Å². The SMILES string of the molecule is COc1ccccc1N1CCN(CCn2c(=O)[nH]c3c(sc4ccc(NC(=O)CCCC(=O)NCc5ccccc5)cc43)c2=O)CC1. The lowest BCUT2D eigenvalue weighted by atomic mass is 10.2. The molecule has 3 aromatic carbocycles. The minimum Gasteiger partial charge on any atom is -0.495 e. The number of ether oxygens (including phenoxy) is 1. The Balaban J connectivity index is 1.04. The number of aromatic nitrogens is 2. The first-order valence-corrected chi connectivity index (χ1v) is 16.6. The van der Waals surface area contributed by atoms with E-state index < -0.39 is 5.69 Å². The lowest BCUT2D eigenvalue weighted by molar-refractivity contribution is -0.121. The molecular weight excluding hydrogens is 616 g/mol. The van der Waals surface area contributed by atoms with E-state index in [9.17, 15) is 19.2 Å². The summed E-state index contributed by atoms with van der Waals surface area (Å²) >= 11 is 1.33. The van der Waals surface area contributed by atoms with Crippen LogP contribution in [0, 0.1) is 0 Å². The molecule has 6 rings (SSSR count). The van der Waals surface area contributed by atoms with Crippen LogP contribution in [0.3, 0.4) is 0 Å². The van der Waals surface area contributed by atoms with Gasteiger partial charge in [0, 0.05) is 74.4 Å². The minimum absolute atomic E-state index is 0.103. The summed E-state index contributed by atoms with van der Waals surface area (Å²) < 4.78 is 8.11. The van der Waals surface area contributed by atoms with E-state index in [2.05, 4.69) is 31.5 Å². The third-order valence-electron chi connectivity index (χ3n) is 8.47. The Bertz CT molecular complexity index is 2000. The van der Waals surface area contributed by atoms with Gasteiger partial charge >= 0.3 is 5.69 Å². The van der Waals surface area contributed by atoms with Crippen LogP contribution in [-0.4, -0.2) is 66.1 Å². The van der Waals surface area contributed by atoms with Crippen LogP contribution >= 0.6 is 11.3 Å². The van der Waals surface area contributed by atoms with Gasteiger partial charge in [-0.05, 0) is 42.3 Å². The number of carbonyl (C=O) groups excluding carboxylic acids is 2. The summed E-state index contributed by atoms with van der Waals surface area (Å²) in [6.07, 6.45) is 0.861. The van der Waals surface area contributed by atoms with Gasteiger partial charge in [0.15, 0.2) is 0 Å². The Morgan fingerprint density at radius 3 is 2.43 bits per heavy atom. The van der Waals surface area contributed by atoms with Crippen LogP contribution < -0.4 is 31.5 Å². The number of piperazine rings is 1. The number of carbonyl (C=O) groups is 2. The van der Waals surface area contributed by atoms with Gasteiger partial charge in [-0.2, -0.15) is 0 Å². The van der Waals surface area contributed by atoms with Crippen LogP contribution in [0.25, 0.3) is 20.3 Å². The lowest BCUT2D eigenvalue weighted by Gasteiger charge is -2.36. The number of nitrogens with zero attached hydrogens (tertiary/aromatic N) is 3. The molecule has 1 aliphatic heterocycles. The second kappa shape index (κ2) is 14.7. The van der Waals surface area contributed by atoms with Crippen molar-refractivity contribution in [1.82, 2.24) is 19.8 Å². The van der Waals surface area contributed by atoms with Gasteiger partial charge in [0.1, 0.15) is 10.4 Å². The Morgan fingerprint density at radius 1 is 0.894 bits per heavy atom. The van der Waals surface area contributed by atoms with E-state index in [1.807, 2.05) is 54.6 Å². The van der Waals surface area contributed by atoms with Crippen LogP contribution in [0.15, 0.2) is 82.4 Å². The van der Waals surface area contributed by atoms with Gasteiger partial charge in [0.2, 0.25) is 11.8 Å². The molecule has 11 nitrogen and oxygen atoms in total. The number of thiophene rings is 1. The molecule has 0 saturated carbocycles. The van der Waals surface area contributed by atoms with E-state index in [0.29, 0.717) is 47.3 Å². The van der Waals surface area contributed by atoms with E-state index in [4.69, 9.17) is 4.74 Å². The monoisotopic (exact) mass is 654 g/mol. The molecule has 3 N–H and O–H groups in total. The van der Waals surface area contributed by atoms with Crippen LogP contribution in [-0.2, 0) is 22.7 Å². The molecule has 2 aromatic heterocycles. The molecule has 5 aromatic rings. The van der Waals surface area contributed by atoms with Crippen LogP contribution in [0.1, 0.15) is 24.8 Å². The summed E-state index contributed by atoms with van der Waals surface area (Å²) in [6, 6.07) is 23.0. The normalized spacial score (nSPS) is 13.6. The lowest BCUT2D eigenvalue weighted by Crippen LogP contribution is -2.48. The third kappa shape index (κ3) is 7.55. The van der Waals surface area contributed by atoms with E-state index in [1.54, 1.807) is 19.2 Å². The number of aromatic amines is 1. The van der Waals surface area contributed by atoms with Crippen molar-refractivity contribution in [3.8, 4) is 5.75 Å². The number of amides is 2. The highest BCUT2D eigenvalue weighted by molar-refractivity contribution is 7.25. The fourth-order valence-corrected chi connectivity index (χ4v) is 6.99. The summed E-state index contributed by atoms with van der Waals surface area (Å²) in [5, 5.41) is 6.46. The van der Waals surface area contributed by atoms with Gasteiger partial charge in [-0.1, -0.05) is 42.5 Å². The second-order valence-corrected chi connectivity index (χ2v) is 12.6. The van der Waals surface area contributed by atoms with E-state index in [0.717, 1.165) is 47.9 Å². The Labute approximate surface area is 275 Å². The first kappa shape index (κ1) is 32.0. The molecule has 1 fully saturated rings. The number of fused-ring (bicyclic) bond motifs is 3. The zero-order valence-electron chi connectivity index (χ0n) is 26.3. The maximum Gasteiger partial charge on any atom is 0.328 e. The predicted octanol–water partition coefficient (Wildman–Crippen LogP) is 4.16. The first-order valence-electron chi connectivity index (χ1n) is 15.8. The van der Waals surface area contributed by atoms with Crippen molar-refractivity contribution in [3.63, 3.8) is 0 Å². The fraction of sp³-hybridized carbons (Fsp3) is 0.314. The van der Waals surface area contributed by atoms with Crippen LogP contribution in [0.2, 0.25) is 0 Å². The molecule has 1 aliphatic rings. The van der Waals surface area contributed by atoms with Gasteiger partial charge in [-0.3, -0.25) is 23.9 Å². The van der Waals surface area contributed by atoms with Crippen molar-refractivity contribution < 1.29 is 14.3 Å². The van der Waals surface area contributed by atoms with E-state index in [1.165, 1.54) is 15.9 Å². The van der Waals surface area contributed by atoms with Crippen molar-refractivity contribution in [3.05, 3.63) is 99.2 Å². The van der Waals surface area contributed by atoms with Gasteiger partial charge in [0.05, 0.1) is 18.3 Å². The molecule has 2 amide bonds. The molecular formula is C35H38N6O5S. The zero-order valence-corrected chi connectivity index (χ0v) is 27.1. The summed E-state index contributed by atoms with van der Waals surface area (Å²) in [5.74, 6) is 0.537. The van der Waals surface area contributed by atoms with E-state index >= 15 is 0 Å². The van der Waals surface area contributed by atoms with Crippen molar-refractivity contribution in [2.45, 2.75) is 32.4 Å². The maximum atomic E-state index is 13.5. The quantitative estimate of drug-likeness (QED) is 0.184. The molecule has 47 heavy (non-hydrogen) atoms. The fourth-order valence-electron chi connectivity index (χ4n) is 5.91. The summed E-state index contributed by atoms with van der Waals surface area (Å²) in [5.41, 5.74) is 2.37. The molecule has 0 bridgehead atoms. The van der Waals surface area contributed by atoms with Crippen molar-refractivity contribution >= 4 is 54.8 Å². The number of benzene rings is 3. The predicted molar refractivity (Wildman–Crippen MR) is 187 cm³/mol. The van der Waals surface area contributed by atoms with E-state index in [-0.39, 0.29) is 30.2 Å². The molecule has 1 saturated heterocycles. The smallest absolute Gasteiger partial charge is 0.328 e. The zero-order chi connectivity index (χ0) is 32.8. The summed E-state index contributed by atoms with van der Waals surface area (Å²) in [6.45, 7) is 4.60. The number of H-pyrrole nitrogens is 1. The average Bonchev–Trinajstić information content (AvgIpc) is 3.45. The number of nitrogens with one attached hydrogen (secondary N) is 3. The molecule has 0 aliphatic carbocycles. The third-order valence-corrected chi connectivity index (χ3v) is 9.63. The van der Waals surface area contributed by atoms with Gasteiger partial charge in [0.25, 0.3) is 5.56 Å². The second-order valence-electron chi connectivity index (χ2n) is 11.6. The number of anilines is 2. The van der Waals surface area contributed by atoms with Crippen molar-refractivity contribution in [2.24, 2.45) is 0 Å². The molecule has 0 radical (unpaired) electrons. The highest BCUT2D eigenvalue weighted by Gasteiger charge is 2.21. The summed E-state index contributed by atoms with van der Waals surface area (Å²) in [7, 11) is 1.68. The Morgan fingerprint density at radius 2 is 1.64 bits per heavy atom. The van der Waals surface area contributed by atoms with Gasteiger partial charge < -0.3 is 25.3 Å². The highest BCUT2D eigenvalue weighted by atomic mass is 32.1. The number of para-hydroxylation sites is 2. The Hall–Kier alpha value is -4.94. The number of rotatable bonds is 12. The molecule has 244 valence electrons. The molecule has 3 heterocycles. The van der Waals surface area contributed by atoms with Crippen LogP contribution in [0.5, 0.6) is 5.75 Å². The first-order chi connectivity index (χ1) is 22.9. The standard InChI is InChI=1S/C35H38N6O5S/c1-46-28-11-6-5-10-27(28)40-19-16-39(17-20-40)18-21-41-34(44)33-32(38-35(41)45)26-22-25(14-15-29(26)47-33)37-31(43)13-7-12-30(42)36-23-24-8-3-2-4-9-24/h2-6,8-11,14-15,22H,7,12-13,16-21,23H2,1H3,(H,36,42)(H,37,43)(H,38,45). The van der Waals surface area contributed by atoms with Crippen molar-refractivity contribution in [1.29, 1.82) is 0 Å². The molecule has 0 atom stereocenters. The number of hydrogen-bond donors (Lipinski definition) is 3. The Kier molecular flexibility index (Phi) is 9.98. The highest BCUT2D eigenvalue weighted by Crippen LogP contribution is 2.32. The molecule has 0 spiro atoms. The number of hydrogen-bond acceptors (Lipinski definition) is 8. The number of methoxy groups -OCH3 is 1. The summed E-state index contributed by atoms with van der Waals surface area (Å²) in [4.78, 5) is 58.9. The minimum atomic E-state index is -0.449. The van der Waals surface area contributed by atoms with Gasteiger partial charge in [-0.25, -0.2) is 4.79 Å².